The largest absolute Gasteiger partial charge is 0.488 e. The number of aryl methyl sites for hydroxylation is 1. The molecule has 17 nitrogen and oxygen atoms in total. The number of pyridine rings is 1. The number of hydrogen-bond acceptors (Lipinski definition) is 13. The van der Waals surface area contributed by atoms with Gasteiger partial charge in [0.1, 0.15) is 36.5 Å². The SMILES string of the molecule is CC1(C)[C@H](NC(=O)/C(=N\OCCOc2ccc(-n3cc[n+](CCCN)c3)nc2)c2csc(N)n2)C(=O)N1OS(=O)(=O)O. The number of nitrogens with zero attached hydrogens (tertiary/aromatic N) is 6. The van der Waals surface area contributed by atoms with Crippen molar-refractivity contribution in [2.45, 2.75) is 38.4 Å². The molecule has 19 heteroatoms. The molecule has 3 aromatic heterocycles. The molecule has 6 N–H and O–H groups in total. The molecule has 0 aliphatic carbocycles. The number of anilines is 1. The number of carbonyl (C=O) groups excluding carboxylic acids is 2. The number of thiazole rings is 1. The lowest BCUT2D eigenvalue weighted by Crippen LogP contribution is -2.76. The first-order valence-electron chi connectivity index (χ1n) is 12.5. The molecule has 0 spiro atoms. The minimum absolute atomic E-state index is 0.0548. The number of oxime groups is 1. The monoisotopic (exact) mass is 624 g/mol. The van der Waals surface area contributed by atoms with Crippen LogP contribution < -0.4 is 26.1 Å². The first kappa shape index (κ1) is 30.8. The Labute approximate surface area is 244 Å². The van der Waals surface area contributed by atoms with Gasteiger partial charge in [-0.1, -0.05) is 5.16 Å². The van der Waals surface area contributed by atoms with Gasteiger partial charge in [-0.25, -0.2) is 14.5 Å². The molecule has 4 heterocycles. The molecule has 4 rings (SSSR count). The first-order valence-corrected chi connectivity index (χ1v) is 14.7. The molecule has 1 aliphatic rings. The van der Waals surface area contributed by atoms with Crippen LogP contribution in [0, 0.1) is 0 Å². The second kappa shape index (κ2) is 12.8. The van der Waals surface area contributed by atoms with E-state index in [1.54, 1.807) is 18.3 Å². The van der Waals surface area contributed by atoms with Crippen LogP contribution in [0.2, 0.25) is 0 Å². The van der Waals surface area contributed by atoms with E-state index >= 15 is 0 Å². The summed E-state index contributed by atoms with van der Waals surface area (Å²) >= 11 is 1.06. The van der Waals surface area contributed by atoms with Gasteiger partial charge in [0, 0.05) is 11.4 Å². The lowest BCUT2D eigenvalue weighted by molar-refractivity contribution is -0.696. The summed E-state index contributed by atoms with van der Waals surface area (Å²) in [6.45, 7) is 4.29. The quantitative estimate of drug-likeness (QED) is 0.0431. The van der Waals surface area contributed by atoms with Crippen molar-refractivity contribution in [1.29, 1.82) is 0 Å². The predicted octanol–water partition coefficient (Wildman–Crippen LogP) is -0.813. The fourth-order valence-electron chi connectivity index (χ4n) is 3.87. The Morgan fingerprint density at radius 3 is 2.74 bits per heavy atom. The lowest BCUT2D eigenvalue weighted by atomic mass is 9.84. The van der Waals surface area contributed by atoms with Gasteiger partial charge in [-0.2, -0.15) is 18.0 Å². The summed E-state index contributed by atoms with van der Waals surface area (Å²) in [5.74, 6) is -0.552. The van der Waals surface area contributed by atoms with Crippen LogP contribution in [0.3, 0.4) is 0 Å². The molecular formula is C23H30N9O8S2+. The van der Waals surface area contributed by atoms with Gasteiger partial charge < -0.3 is 26.4 Å². The molecule has 0 unspecified atom stereocenters. The topological polar surface area (TPSA) is 230 Å². The number of amides is 2. The Morgan fingerprint density at radius 2 is 2.12 bits per heavy atom. The van der Waals surface area contributed by atoms with Crippen molar-refractivity contribution in [2.75, 3.05) is 25.5 Å². The standard InChI is InChI=1S/C23H29N9O8S2/c1-23(2)19(21(34)32(23)40-42(35,36)37)28-20(33)18(16-13-41-22(25)27-16)29-39-11-10-38-15-4-5-17(26-12-15)31-9-8-30(14-31)7-3-6-24/h4-5,8-9,12-14,19H,3,6-7,10-11,24H2,1-2H3,(H3-,25,27,28,33,35,36,37)/p+1/b29-18-/t19-/m1/s1. The van der Waals surface area contributed by atoms with E-state index in [0.29, 0.717) is 23.2 Å². The zero-order chi connectivity index (χ0) is 30.5. The van der Waals surface area contributed by atoms with E-state index in [2.05, 4.69) is 24.7 Å². The second-order valence-electron chi connectivity index (χ2n) is 9.44. The molecule has 1 atom stereocenters. The van der Waals surface area contributed by atoms with Crippen molar-refractivity contribution in [1.82, 2.24) is 24.9 Å². The van der Waals surface area contributed by atoms with Gasteiger partial charge in [0.05, 0.1) is 18.3 Å². The molecule has 1 saturated heterocycles. The van der Waals surface area contributed by atoms with E-state index in [-0.39, 0.29) is 29.8 Å². The number of hydroxylamine groups is 2. The van der Waals surface area contributed by atoms with Crippen LogP contribution in [0.15, 0.2) is 47.6 Å². The first-order chi connectivity index (χ1) is 19.9. The van der Waals surface area contributed by atoms with Crippen molar-refractivity contribution in [3.8, 4) is 11.6 Å². The van der Waals surface area contributed by atoms with E-state index < -0.39 is 33.8 Å². The third-order valence-corrected chi connectivity index (χ3v) is 7.01. The summed E-state index contributed by atoms with van der Waals surface area (Å²) < 4.78 is 44.8. The Kier molecular flexibility index (Phi) is 9.36. The highest BCUT2D eigenvalue weighted by molar-refractivity contribution is 7.80. The normalized spacial score (nSPS) is 16.7. The summed E-state index contributed by atoms with van der Waals surface area (Å²) in [5, 5.41) is 8.42. The highest BCUT2D eigenvalue weighted by Crippen LogP contribution is 2.33. The highest BCUT2D eigenvalue weighted by atomic mass is 32.3. The zero-order valence-corrected chi connectivity index (χ0v) is 24.2. The zero-order valence-electron chi connectivity index (χ0n) is 22.6. The van der Waals surface area contributed by atoms with E-state index in [4.69, 9.17) is 25.6 Å². The van der Waals surface area contributed by atoms with E-state index in [9.17, 15) is 18.0 Å². The molecule has 42 heavy (non-hydrogen) atoms. The number of nitrogens with one attached hydrogen (secondary N) is 1. The lowest BCUT2D eigenvalue weighted by Gasteiger charge is -2.50. The number of hydrogen-bond donors (Lipinski definition) is 4. The van der Waals surface area contributed by atoms with Gasteiger partial charge in [-0.15, -0.1) is 15.6 Å². The number of nitrogen functional groups attached to an aromatic ring is 1. The number of nitrogens with two attached hydrogens (primary N) is 2. The molecular weight excluding hydrogens is 594 g/mol. The summed E-state index contributed by atoms with van der Waals surface area (Å²) in [4.78, 5) is 39.2. The van der Waals surface area contributed by atoms with E-state index in [1.165, 1.54) is 19.2 Å². The smallest absolute Gasteiger partial charge is 0.418 e. The maximum atomic E-state index is 13.0. The summed E-state index contributed by atoms with van der Waals surface area (Å²) in [6.07, 6.45) is 8.18. The van der Waals surface area contributed by atoms with Crippen molar-refractivity contribution < 1.29 is 41.0 Å². The molecule has 1 aliphatic heterocycles. The van der Waals surface area contributed by atoms with Crippen LogP contribution in [0.25, 0.3) is 5.82 Å². The predicted molar refractivity (Wildman–Crippen MR) is 147 cm³/mol. The molecule has 0 radical (unpaired) electrons. The van der Waals surface area contributed by atoms with E-state index in [0.717, 1.165) is 24.3 Å². The Balaban J connectivity index is 1.33. The van der Waals surface area contributed by atoms with Gasteiger partial charge in [0.15, 0.2) is 17.5 Å². The average Bonchev–Trinajstić information content (AvgIpc) is 3.60. The molecule has 226 valence electrons. The number of imidazole rings is 1. The minimum atomic E-state index is -4.95. The van der Waals surface area contributed by atoms with Gasteiger partial charge in [-0.3, -0.25) is 14.1 Å². The number of rotatable bonds is 14. The van der Waals surface area contributed by atoms with Crippen molar-refractivity contribution in [3.63, 3.8) is 0 Å². The van der Waals surface area contributed by atoms with Crippen LogP contribution in [-0.4, -0.2) is 81.4 Å². The van der Waals surface area contributed by atoms with Crippen LogP contribution in [0.1, 0.15) is 26.0 Å². The molecule has 2 amide bonds. The molecule has 0 aromatic carbocycles. The number of aromatic nitrogens is 4. The van der Waals surface area contributed by atoms with Gasteiger partial charge in [-0.05, 0) is 32.9 Å². The van der Waals surface area contributed by atoms with Crippen LogP contribution in [-0.2, 0) is 35.7 Å². The van der Waals surface area contributed by atoms with Gasteiger partial charge >= 0.3 is 10.4 Å². The third kappa shape index (κ3) is 7.36. The number of carbonyl (C=O) groups is 2. The minimum Gasteiger partial charge on any atom is -0.488 e. The Morgan fingerprint density at radius 1 is 1.33 bits per heavy atom. The molecule has 3 aromatic rings. The Hall–Kier alpha value is -4.17. The Bertz CT molecular complexity index is 1550. The molecule has 1 fully saturated rings. The number of β-lactam (4-membered cyclic amide) rings is 1. The third-order valence-electron chi connectivity index (χ3n) is 6.00. The van der Waals surface area contributed by atoms with Crippen LogP contribution in [0.4, 0.5) is 5.13 Å². The van der Waals surface area contributed by atoms with Gasteiger partial charge in [0.25, 0.3) is 11.8 Å². The molecule has 0 saturated carbocycles. The fraction of sp³-hybridized carbons (Fsp3) is 0.391. The maximum absolute atomic E-state index is 13.0. The average molecular weight is 625 g/mol. The summed E-state index contributed by atoms with van der Waals surface area (Å²) in [7, 11) is -4.95. The second-order valence-corrected chi connectivity index (χ2v) is 11.3. The fourth-order valence-corrected chi connectivity index (χ4v) is 4.88. The summed E-state index contributed by atoms with van der Waals surface area (Å²) in [6, 6.07) is 2.34. The van der Waals surface area contributed by atoms with Crippen molar-refractivity contribution in [2.24, 2.45) is 10.9 Å². The van der Waals surface area contributed by atoms with Crippen molar-refractivity contribution >= 4 is 44.4 Å². The summed E-state index contributed by atoms with van der Waals surface area (Å²) in [5.41, 5.74) is 9.76. The molecule has 0 bridgehead atoms. The van der Waals surface area contributed by atoms with Crippen molar-refractivity contribution in [3.05, 3.63) is 48.1 Å². The van der Waals surface area contributed by atoms with E-state index in [1.807, 2.05) is 27.9 Å². The maximum Gasteiger partial charge on any atom is 0.418 e. The van der Waals surface area contributed by atoms with Crippen LogP contribution in [0.5, 0.6) is 5.75 Å². The van der Waals surface area contributed by atoms with Gasteiger partial charge in [0.2, 0.25) is 12.1 Å². The highest BCUT2D eigenvalue weighted by Gasteiger charge is 2.58. The van der Waals surface area contributed by atoms with Crippen LogP contribution >= 0.6 is 11.3 Å². The number of ether oxygens (including phenoxy) is 1.